The Hall–Kier alpha value is -2.79. The number of anilines is 3. The van der Waals surface area contributed by atoms with Crippen LogP contribution < -0.4 is 15.8 Å². The first-order chi connectivity index (χ1) is 10.3. The predicted molar refractivity (Wildman–Crippen MR) is 79.3 cm³/mol. The summed E-state index contributed by atoms with van der Waals surface area (Å²) in [5.41, 5.74) is 0.251. The maximum Gasteiger partial charge on any atom is 0.329 e. The fourth-order valence-corrected chi connectivity index (χ4v) is 2.13. The van der Waals surface area contributed by atoms with E-state index in [0.29, 0.717) is 5.69 Å². The number of nitrogens with zero attached hydrogens (tertiary/aromatic N) is 3. The number of sulfonamides is 1. The number of aromatic nitrogens is 2. The standard InChI is InChI=1S/C11H12N6O4S/c1-13-10-9(17(18)19)6-14-11(16-10)15-7-2-4-8(5-3-7)22(12,20)21/h2-6H,1H3,(H2,12,20,21)(H2,13,14,15,16). The lowest BCUT2D eigenvalue weighted by atomic mass is 10.3. The fraction of sp³-hybridized carbons (Fsp3) is 0.0909. The first kappa shape index (κ1) is 15.6. The first-order valence-corrected chi connectivity index (χ1v) is 7.45. The zero-order valence-corrected chi connectivity index (χ0v) is 12.2. The number of nitro groups is 1. The molecule has 0 aliphatic carbocycles. The van der Waals surface area contributed by atoms with Crippen molar-refractivity contribution in [1.82, 2.24) is 9.97 Å². The lowest BCUT2D eigenvalue weighted by Crippen LogP contribution is -2.11. The van der Waals surface area contributed by atoms with Crippen LogP contribution in [0.25, 0.3) is 0 Å². The number of hydrogen-bond donors (Lipinski definition) is 3. The van der Waals surface area contributed by atoms with Gasteiger partial charge in [0.2, 0.25) is 21.8 Å². The van der Waals surface area contributed by atoms with E-state index < -0.39 is 14.9 Å². The van der Waals surface area contributed by atoms with Gasteiger partial charge in [-0.05, 0) is 24.3 Å². The van der Waals surface area contributed by atoms with Gasteiger partial charge in [0.1, 0.15) is 6.20 Å². The number of nitrogens with one attached hydrogen (secondary N) is 2. The van der Waals surface area contributed by atoms with Crippen LogP contribution in [0.1, 0.15) is 0 Å². The van der Waals surface area contributed by atoms with Crippen LogP contribution in [-0.4, -0.2) is 30.4 Å². The highest BCUT2D eigenvalue weighted by Gasteiger charge is 2.16. The van der Waals surface area contributed by atoms with Crippen LogP contribution in [0.4, 0.5) is 23.1 Å². The van der Waals surface area contributed by atoms with Crippen molar-refractivity contribution in [3.05, 3.63) is 40.6 Å². The largest absolute Gasteiger partial charge is 0.367 e. The molecule has 10 nitrogen and oxygen atoms in total. The molecular weight excluding hydrogens is 312 g/mol. The maximum absolute atomic E-state index is 11.1. The van der Waals surface area contributed by atoms with E-state index in [-0.39, 0.29) is 22.3 Å². The van der Waals surface area contributed by atoms with Crippen LogP contribution in [0.5, 0.6) is 0 Å². The van der Waals surface area contributed by atoms with E-state index >= 15 is 0 Å². The predicted octanol–water partition coefficient (Wildman–Crippen LogP) is 0.817. The average Bonchev–Trinajstić information content (AvgIpc) is 2.46. The van der Waals surface area contributed by atoms with Gasteiger partial charge in [-0.1, -0.05) is 0 Å². The number of primary sulfonamides is 1. The molecule has 0 amide bonds. The summed E-state index contributed by atoms with van der Waals surface area (Å²) in [6.07, 6.45) is 1.07. The van der Waals surface area contributed by atoms with E-state index in [0.717, 1.165) is 6.20 Å². The van der Waals surface area contributed by atoms with E-state index in [9.17, 15) is 18.5 Å². The van der Waals surface area contributed by atoms with Crippen LogP contribution >= 0.6 is 0 Å². The topological polar surface area (TPSA) is 153 Å². The van der Waals surface area contributed by atoms with E-state index in [2.05, 4.69) is 20.6 Å². The highest BCUT2D eigenvalue weighted by molar-refractivity contribution is 7.89. The normalized spacial score (nSPS) is 11.0. The van der Waals surface area contributed by atoms with Crippen molar-refractivity contribution in [2.75, 3.05) is 17.7 Å². The Kier molecular flexibility index (Phi) is 4.19. The molecular formula is C11H12N6O4S. The third-order valence-electron chi connectivity index (χ3n) is 2.64. The number of nitrogens with two attached hydrogens (primary N) is 1. The van der Waals surface area contributed by atoms with Crippen molar-refractivity contribution in [2.45, 2.75) is 4.90 Å². The smallest absolute Gasteiger partial charge is 0.329 e. The Bertz CT molecular complexity index is 806. The lowest BCUT2D eigenvalue weighted by molar-refractivity contribution is -0.384. The third kappa shape index (κ3) is 3.45. The molecule has 22 heavy (non-hydrogen) atoms. The molecule has 4 N–H and O–H groups in total. The van der Waals surface area contributed by atoms with Gasteiger partial charge in [-0.25, -0.2) is 18.5 Å². The molecule has 2 aromatic rings. The van der Waals surface area contributed by atoms with Gasteiger partial charge in [-0.2, -0.15) is 4.98 Å². The Labute approximate surface area is 125 Å². The van der Waals surface area contributed by atoms with Crippen molar-refractivity contribution in [3.8, 4) is 0 Å². The summed E-state index contributed by atoms with van der Waals surface area (Å²) < 4.78 is 22.3. The lowest BCUT2D eigenvalue weighted by Gasteiger charge is -2.07. The van der Waals surface area contributed by atoms with E-state index in [1.807, 2.05) is 0 Å². The Morgan fingerprint density at radius 1 is 1.27 bits per heavy atom. The van der Waals surface area contributed by atoms with Gasteiger partial charge in [0, 0.05) is 12.7 Å². The molecule has 116 valence electrons. The van der Waals surface area contributed by atoms with Crippen molar-refractivity contribution in [3.63, 3.8) is 0 Å². The van der Waals surface area contributed by atoms with Crippen molar-refractivity contribution in [1.29, 1.82) is 0 Å². The molecule has 0 aliphatic rings. The summed E-state index contributed by atoms with van der Waals surface area (Å²) in [6.45, 7) is 0. The van der Waals surface area contributed by atoms with Crippen molar-refractivity contribution >= 4 is 33.2 Å². The summed E-state index contributed by atoms with van der Waals surface area (Å²) in [4.78, 5) is 17.9. The van der Waals surface area contributed by atoms with E-state index in [1.165, 1.54) is 31.3 Å². The molecule has 1 aromatic heterocycles. The zero-order valence-electron chi connectivity index (χ0n) is 11.3. The number of rotatable bonds is 5. The van der Waals surface area contributed by atoms with E-state index in [1.54, 1.807) is 0 Å². The molecule has 1 aromatic carbocycles. The summed E-state index contributed by atoms with van der Waals surface area (Å²) in [6, 6.07) is 5.59. The van der Waals surface area contributed by atoms with Crippen LogP contribution in [0.3, 0.4) is 0 Å². The van der Waals surface area contributed by atoms with Gasteiger partial charge in [-0.15, -0.1) is 0 Å². The molecule has 0 saturated carbocycles. The van der Waals surface area contributed by atoms with Crippen LogP contribution in [0, 0.1) is 10.1 Å². The second kappa shape index (κ2) is 5.91. The highest BCUT2D eigenvalue weighted by Crippen LogP contribution is 2.23. The van der Waals surface area contributed by atoms with Gasteiger partial charge in [0.15, 0.2) is 0 Å². The van der Waals surface area contributed by atoms with Gasteiger partial charge in [-0.3, -0.25) is 10.1 Å². The average molecular weight is 324 g/mol. The van der Waals surface area contributed by atoms with Crippen molar-refractivity contribution in [2.24, 2.45) is 5.14 Å². The third-order valence-corrected chi connectivity index (χ3v) is 3.57. The number of hydrogen-bond acceptors (Lipinski definition) is 8. The molecule has 0 unspecified atom stereocenters. The summed E-state index contributed by atoms with van der Waals surface area (Å²) in [5, 5.41) is 21.2. The van der Waals surface area contributed by atoms with Gasteiger partial charge < -0.3 is 10.6 Å². The highest BCUT2D eigenvalue weighted by atomic mass is 32.2. The van der Waals surface area contributed by atoms with Gasteiger partial charge in [0.05, 0.1) is 9.82 Å². The maximum atomic E-state index is 11.1. The molecule has 0 spiro atoms. The quantitative estimate of drug-likeness (QED) is 0.539. The molecule has 11 heteroatoms. The minimum absolute atomic E-state index is 0.0291. The summed E-state index contributed by atoms with van der Waals surface area (Å²) in [5.74, 6) is 0.182. The van der Waals surface area contributed by atoms with Crippen LogP contribution in [-0.2, 0) is 10.0 Å². The molecule has 0 radical (unpaired) electrons. The Morgan fingerprint density at radius 2 is 1.91 bits per heavy atom. The SMILES string of the molecule is CNc1nc(Nc2ccc(S(N)(=O)=O)cc2)ncc1[N+](=O)[O-]. The van der Waals surface area contributed by atoms with Crippen LogP contribution in [0.15, 0.2) is 35.4 Å². The van der Waals surface area contributed by atoms with Gasteiger partial charge in [0.25, 0.3) is 0 Å². The fourth-order valence-electron chi connectivity index (χ4n) is 1.61. The molecule has 0 bridgehead atoms. The Morgan fingerprint density at radius 3 is 2.41 bits per heavy atom. The molecule has 0 fully saturated rings. The minimum atomic E-state index is -3.76. The molecule has 0 saturated heterocycles. The summed E-state index contributed by atoms with van der Waals surface area (Å²) >= 11 is 0. The zero-order chi connectivity index (χ0) is 16.3. The molecule has 1 heterocycles. The second-order valence-electron chi connectivity index (χ2n) is 4.13. The monoisotopic (exact) mass is 324 g/mol. The van der Waals surface area contributed by atoms with Crippen molar-refractivity contribution < 1.29 is 13.3 Å². The van der Waals surface area contributed by atoms with E-state index in [4.69, 9.17) is 5.14 Å². The summed E-state index contributed by atoms with van der Waals surface area (Å²) in [7, 11) is -2.26. The molecule has 2 rings (SSSR count). The second-order valence-corrected chi connectivity index (χ2v) is 5.69. The Balaban J connectivity index is 2.26. The molecule has 0 aliphatic heterocycles. The first-order valence-electron chi connectivity index (χ1n) is 5.90. The van der Waals surface area contributed by atoms with Crippen LogP contribution in [0.2, 0.25) is 0 Å². The molecule has 0 atom stereocenters. The van der Waals surface area contributed by atoms with Gasteiger partial charge >= 0.3 is 5.69 Å². The minimum Gasteiger partial charge on any atom is -0.367 e. The number of benzene rings is 1.